The van der Waals surface area contributed by atoms with Crippen LogP contribution in [0.4, 0.5) is 32.6 Å². The summed E-state index contributed by atoms with van der Waals surface area (Å²) in [6.07, 6.45) is 6.26. The molecule has 130 valence electrons. The van der Waals surface area contributed by atoms with Crippen molar-refractivity contribution in [1.29, 1.82) is 0 Å². The van der Waals surface area contributed by atoms with Crippen LogP contribution in [-0.4, -0.2) is 27.0 Å². The molecule has 0 saturated carbocycles. The zero-order valence-corrected chi connectivity index (χ0v) is 13.5. The quantitative estimate of drug-likeness (QED) is 0.576. The summed E-state index contributed by atoms with van der Waals surface area (Å²) in [6.45, 7) is 0. The van der Waals surface area contributed by atoms with E-state index in [1.165, 1.54) is 12.4 Å². The zero-order chi connectivity index (χ0) is 18.2. The lowest BCUT2D eigenvalue weighted by Crippen LogP contribution is -2.22. The van der Waals surface area contributed by atoms with Gasteiger partial charge in [0.25, 0.3) is 0 Å². The standard InChI is InChI=1S/C17H15N7O2/c25-16(20-12-4-2-8-18-10-12)23-14-6-1-7-15(22-14)24-17(26)21-13-5-3-9-19-11-13/h1-11H,(H4,20,21,22,23,24,25,26). The van der Waals surface area contributed by atoms with E-state index in [1.807, 2.05) is 0 Å². The van der Waals surface area contributed by atoms with E-state index in [4.69, 9.17) is 0 Å². The highest BCUT2D eigenvalue weighted by Gasteiger charge is 2.07. The molecule has 0 saturated heterocycles. The van der Waals surface area contributed by atoms with Gasteiger partial charge in [0, 0.05) is 12.4 Å². The number of hydrogen-bond donors (Lipinski definition) is 4. The van der Waals surface area contributed by atoms with Crippen LogP contribution in [0.25, 0.3) is 0 Å². The lowest BCUT2D eigenvalue weighted by molar-refractivity contribution is 0.261. The molecule has 9 nitrogen and oxygen atoms in total. The Hall–Kier alpha value is -4.01. The van der Waals surface area contributed by atoms with Crippen molar-refractivity contribution in [3.8, 4) is 0 Å². The van der Waals surface area contributed by atoms with Crippen molar-refractivity contribution in [2.75, 3.05) is 21.3 Å². The minimum atomic E-state index is -0.470. The van der Waals surface area contributed by atoms with Crippen molar-refractivity contribution in [2.24, 2.45) is 0 Å². The van der Waals surface area contributed by atoms with Crippen LogP contribution in [0.5, 0.6) is 0 Å². The van der Waals surface area contributed by atoms with Crippen molar-refractivity contribution >= 4 is 35.1 Å². The van der Waals surface area contributed by atoms with Crippen LogP contribution < -0.4 is 21.3 Å². The molecule has 3 aromatic heterocycles. The number of rotatable bonds is 4. The van der Waals surface area contributed by atoms with Crippen molar-refractivity contribution < 1.29 is 9.59 Å². The van der Waals surface area contributed by atoms with Crippen LogP contribution in [0, 0.1) is 0 Å². The Bertz CT molecular complexity index is 817. The van der Waals surface area contributed by atoms with Gasteiger partial charge in [0.15, 0.2) is 0 Å². The van der Waals surface area contributed by atoms with Gasteiger partial charge in [0.2, 0.25) is 0 Å². The molecule has 0 aromatic carbocycles. The maximum Gasteiger partial charge on any atom is 0.324 e. The van der Waals surface area contributed by atoms with E-state index in [1.54, 1.807) is 54.9 Å². The number of pyridine rings is 3. The largest absolute Gasteiger partial charge is 0.324 e. The Balaban J connectivity index is 1.57. The summed E-state index contributed by atoms with van der Waals surface area (Å²) in [5.41, 5.74) is 1.10. The Kier molecular flexibility index (Phi) is 5.31. The molecule has 3 aromatic rings. The molecule has 0 radical (unpaired) electrons. The number of anilines is 4. The summed E-state index contributed by atoms with van der Waals surface area (Å²) in [4.78, 5) is 35.9. The molecule has 0 spiro atoms. The highest BCUT2D eigenvalue weighted by atomic mass is 16.2. The molecule has 3 rings (SSSR count). The van der Waals surface area contributed by atoms with E-state index < -0.39 is 12.1 Å². The fraction of sp³-hybridized carbons (Fsp3) is 0. The topological polar surface area (TPSA) is 121 Å². The fourth-order valence-corrected chi connectivity index (χ4v) is 2.00. The van der Waals surface area contributed by atoms with Gasteiger partial charge in [-0.05, 0) is 36.4 Å². The van der Waals surface area contributed by atoms with Gasteiger partial charge < -0.3 is 10.6 Å². The number of carbonyl (C=O) groups excluding carboxylic acids is 2. The predicted molar refractivity (Wildman–Crippen MR) is 98.0 cm³/mol. The molecule has 4 amide bonds. The molecule has 0 aliphatic carbocycles. The summed E-state index contributed by atoms with van der Waals surface area (Å²) in [5.74, 6) is 0.566. The molecule has 0 unspecified atom stereocenters. The van der Waals surface area contributed by atoms with Crippen LogP contribution >= 0.6 is 0 Å². The van der Waals surface area contributed by atoms with Crippen LogP contribution in [-0.2, 0) is 0 Å². The number of aromatic nitrogens is 3. The molecule has 0 bridgehead atoms. The summed E-state index contributed by atoms with van der Waals surface area (Å²) in [6, 6.07) is 10.8. The number of nitrogens with one attached hydrogen (secondary N) is 4. The smallest absolute Gasteiger partial charge is 0.306 e. The SMILES string of the molecule is O=C(Nc1cccnc1)Nc1cccc(NC(=O)Nc2cccnc2)n1. The predicted octanol–water partition coefficient (Wildman–Crippen LogP) is 3.16. The first-order chi connectivity index (χ1) is 12.7. The molecular formula is C17H15N7O2. The molecule has 26 heavy (non-hydrogen) atoms. The first-order valence-corrected chi connectivity index (χ1v) is 7.62. The minimum absolute atomic E-state index is 0.283. The van der Waals surface area contributed by atoms with E-state index in [2.05, 4.69) is 36.2 Å². The normalized spacial score (nSPS) is 9.85. The van der Waals surface area contributed by atoms with E-state index in [0.29, 0.717) is 11.4 Å². The van der Waals surface area contributed by atoms with E-state index >= 15 is 0 Å². The average Bonchev–Trinajstić information content (AvgIpc) is 2.63. The minimum Gasteiger partial charge on any atom is -0.306 e. The second kappa shape index (κ2) is 8.20. The monoisotopic (exact) mass is 349 g/mol. The summed E-state index contributed by atoms with van der Waals surface area (Å²) in [5, 5.41) is 10.4. The second-order valence-electron chi connectivity index (χ2n) is 5.05. The maximum absolute atomic E-state index is 12.0. The maximum atomic E-state index is 12.0. The summed E-state index contributed by atoms with van der Waals surface area (Å²) < 4.78 is 0. The lowest BCUT2D eigenvalue weighted by Gasteiger charge is -2.09. The molecule has 3 heterocycles. The van der Waals surface area contributed by atoms with Gasteiger partial charge in [-0.2, -0.15) is 0 Å². The van der Waals surface area contributed by atoms with Gasteiger partial charge in [-0.3, -0.25) is 20.6 Å². The van der Waals surface area contributed by atoms with Gasteiger partial charge in [-0.25, -0.2) is 14.6 Å². The second-order valence-corrected chi connectivity index (χ2v) is 5.05. The number of hydrogen-bond acceptors (Lipinski definition) is 5. The van der Waals surface area contributed by atoms with Gasteiger partial charge >= 0.3 is 12.1 Å². The molecule has 0 aliphatic heterocycles. The van der Waals surface area contributed by atoms with Crippen molar-refractivity contribution in [3.63, 3.8) is 0 Å². The van der Waals surface area contributed by atoms with E-state index in [-0.39, 0.29) is 11.6 Å². The highest BCUT2D eigenvalue weighted by Crippen LogP contribution is 2.11. The van der Waals surface area contributed by atoms with Gasteiger partial charge in [0.05, 0.1) is 23.8 Å². The van der Waals surface area contributed by atoms with Crippen LogP contribution in [0.15, 0.2) is 67.3 Å². The molecule has 4 N–H and O–H groups in total. The lowest BCUT2D eigenvalue weighted by atomic mass is 10.4. The first kappa shape index (κ1) is 16.8. The first-order valence-electron chi connectivity index (χ1n) is 7.62. The summed E-state index contributed by atoms with van der Waals surface area (Å²) >= 11 is 0. The fourth-order valence-electron chi connectivity index (χ4n) is 2.00. The number of carbonyl (C=O) groups is 2. The van der Waals surface area contributed by atoms with Gasteiger partial charge in [0.1, 0.15) is 11.6 Å². The van der Waals surface area contributed by atoms with E-state index in [9.17, 15) is 9.59 Å². The van der Waals surface area contributed by atoms with E-state index in [0.717, 1.165) is 0 Å². The number of urea groups is 2. The number of nitrogens with zero attached hydrogens (tertiary/aromatic N) is 3. The number of amides is 4. The Morgan fingerprint density at radius 1 is 0.654 bits per heavy atom. The van der Waals surface area contributed by atoms with Crippen LogP contribution in [0.3, 0.4) is 0 Å². The summed E-state index contributed by atoms with van der Waals surface area (Å²) in [7, 11) is 0. The third kappa shape index (κ3) is 4.99. The molecule has 0 atom stereocenters. The molecular weight excluding hydrogens is 334 g/mol. The van der Waals surface area contributed by atoms with Gasteiger partial charge in [-0.15, -0.1) is 0 Å². The Morgan fingerprint density at radius 2 is 1.15 bits per heavy atom. The highest BCUT2D eigenvalue weighted by molar-refractivity contribution is 6.00. The average molecular weight is 349 g/mol. The third-order valence-electron chi connectivity index (χ3n) is 3.07. The van der Waals surface area contributed by atoms with Crippen molar-refractivity contribution in [1.82, 2.24) is 15.0 Å². The molecule has 0 fully saturated rings. The third-order valence-corrected chi connectivity index (χ3v) is 3.07. The molecule has 9 heteroatoms. The zero-order valence-electron chi connectivity index (χ0n) is 13.5. The van der Waals surface area contributed by atoms with Crippen molar-refractivity contribution in [2.45, 2.75) is 0 Å². The Labute approximate surface area is 148 Å². The molecule has 0 aliphatic rings. The Morgan fingerprint density at radius 3 is 1.58 bits per heavy atom. The van der Waals surface area contributed by atoms with Gasteiger partial charge in [-0.1, -0.05) is 6.07 Å². The van der Waals surface area contributed by atoms with Crippen molar-refractivity contribution in [3.05, 3.63) is 67.3 Å². The van der Waals surface area contributed by atoms with Crippen LogP contribution in [0.1, 0.15) is 0 Å². The van der Waals surface area contributed by atoms with Crippen LogP contribution in [0.2, 0.25) is 0 Å².